The molecule has 80 heavy (non-hydrogen) atoms. The van der Waals surface area contributed by atoms with Crippen molar-refractivity contribution in [3.8, 4) is 67.3 Å². The first kappa shape index (κ1) is 46.8. The Labute approximate surface area is 465 Å². The van der Waals surface area contributed by atoms with E-state index in [4.69, 9.17) is 9.97 Å². The van der Waals surface area contributed by atoms with Crippen LogP contribution in [-0.4, -0.2) is 33.2 Å². The molecule has 4 heterocycles. The molecule has 0 spiro atoms. The lowest BCUT2D eigenvalue weighted by atomic mass is 9.79. The predicted molar refractivity (Wildman–Crippen MR) is 333 cm³/mol. The van der Waals surface area contributed by atoms with Crippen LogP contribution in [0, 0.1) is 0 Å². The fraction of sp³-hybridized carbons (Fsp3) is 0.0556. The van der Waals surface area contributed by atoms with Crippen LogP contribution in [0.5, 0.6) is 0 Å². The van der Waals surface area contributed by atoms with Crippen molar-refractivity contribution in [1.82, 2.24) is 19.1 Å². The van der Waals surface area contributed by atoms with Crippen LogP contribution in [0.2, 0.25) is 0 Å². The summed E-state index contributed by atoms with van der Waals surface area (Å²) in [5, 5.41) is 0. The van der Waals surface area contributed by atoms with Crippen molar-refractivity contribution >= 4 is 78.9 Å². The highest BCUT2D eigenvalue weighted by Crippen LogP contribution is 2.64. The van der Waals surface area contributed by atoms with Crippen molar-refractivity contribution in [2.45, 2.75) is 0 Å². The second kappa shape index (κ2) is 18.6. The first-order valence-corrected chi connectivity index (χ1v) is 27.2. The fourth-order valence-electron chi connectivity index (χ4n) is 12.6. The number of hydrogen-bond acceptors (Lipinski definition) is 6. The van der Waals surface area contributed by atoms with Crippen molar-refractivity contribution in [3.63, 3.8) is 0 Å². The quantitative estimate of drug-likeness (QED) is 0.151. The number of anilines is 10. The molecule has 0 aliphatic carbocycles. The van der Waals surface area contributed by atoms with Crippen LogP contribution in [0.4, 0.5) is 56.9 Å². The lowest BCUT2D eigenvalue weighted by molar-refractivity contribution is 0.959. The smallest absolute Gasteiger partial charge is 0.140 e. The van der Waals surface area contributed by atoms with Crippen LogP contribution in [0.25, 0.3) is 89.4 Å². The number of aryl methyl sites for hydroxylation is 2. The molecule has 382 valence electrons. The first-order chi connectivity index (χ1) is 39.4. The lowest BCUT2D eigenvalue weighted by Crippen LogP contribution is -2.27. The van der Waals surface area contributed by atoms with Crippen LogP contribution in [-0.2, 0) is 14.1 Å². The molecular formula is C72H54N8. The van der Waals surface area contributed by atoms with Crippen molar-refractivity contribution in [1.29, 1.82) is 0 Å². The molecule has 11 aromatic carbocycles. The summed E-state index contributed by atoms with van der Waals surface area (Å²) < 4.78 is 4.40. The zero-order chi connectivity index (χ0) is 53.6. The maximum Gasteiger partial charge on any atom is 0.140 e. The van der Waals surface area contributed by atoms with E-state index in [1.807, 2.05) is 0 Å². The number of hydrogen-bond donors (Lipinski definition) is 0. The van der Waals surface area contributed by atoms with Gasteiger partial charge in [-0.15, -0.1) is 0 Å². The first-order valence-electron chi connectivity index (χ1n) is 27.2. The minimum Gasteiger partial charge on any atom is -0.341 e. The van der Waals surface area contributed by atoms with Crippen molar-refractivity contribution in [2.75, 3.05) is 33.7 Å². The molecule has 2 aliphatic rings. The topological polar surface area (TPSA) is 48.6 Å². The third kappa shape index (κ3) is 7.22. The number of imidazole rings is 2. The molecule has 0 radical (unpaired) electrons. The highest BCUT2D eigenvalue weighted by Gasteiger charge is 2.39. The maximum absolute atomic E-state index is 5.20. The van der Waals surface area contributed by atoms with Gasteiger partial charge in [-0.25, -0.2) is 9.97 Å². The Morgan fingerprint density at radius 3 is 0.800 bits per heavy atom. The van der Waals surface area contributed by atoms with E-state index >= 15 is 0 Å². The second-order valence-electron chi connectivity index (χ2n) is 20.8. The van der Waals surface area contributed by atoms with E-state index in [1.54, 1.807) is 0 Å². The average Bonchev–Trinajstić information content (AvgIpc) is 4.08. The Kier molecular flexibility index (Phi) is 10.9. The summed E-state index contributed by atoms with van der Waals surface area (Å²) in [6, 6.07) is 92.6. The number of fused-ring (bicyclic) bond motifs is 6. The van der Waals surface area contributed by atoms with Gasteiger partial charge in [0.25, 0.3) is 0 Å². The largest absolute Gasteiger partial charge is 0.341 e. The number of rotatable bonds is 8. The number of para-hydroxylation sites is 12. The minimum atomic E-state index is 0.912. The van der Waals surface area contributed by atoms with E-state index in [0.29, 0.717) is 0 Å². The van der Waals surface area contributed by atoms with Gasteiger partial charge in [0.1, 0.15) is 11.6 Å². The summed E-state index contributed by atoms with van der Waals surface area (Å²) in [6.07, 6.45) is 0. The standard InChI is InChI=1S/C72H54N8/c1-75-57-31-15-19-35-61(57)79(62-36-20-16-32-58(62)75)69-65(47-23-7-5-8-24-47)67(49-39-43-51(44-40-49)71-73-53-27-11-13-29-55(53)77(71)3)70(80-63-37-21-17-33-59(63)76(2)60-34-18-22-38-64(60)80)68(66(69)48-25-9-6-10-26-48)50-41-45-52(46-42-50)72-74-54-28-12-14-30-56(54)78(72)4/h5-46H,1-4H3. The zero-order valence-electron chi connectivity index (χ0n) is 44.8. The summed E-state index contributed by atoms with van der Waals surface area (Å²) in [4.78, 5) is 20.2. The molecule has 2 aromatic heterocycles. The molecule has 0 N–H and O–H groups in total. The van der Waals surface area contributed by atoms with Crippen molar-refractivity contribution in [2.24, 2.45) is 14.1 Å². The minimum absolute atomic E-state index is 0.912. The summed E-state index contributed by atoms with van der Waals surface area (Å²) in [6.45, 7) is 0. The predicted octanol–water partition coefficient (Wildman–Crippen LogP) is 18.6. The van der Waals surface area contributed by atoms with E-state index in [2.05, 4.69) is 312 Å². The van der Waals surface area contributed by atoms with Gasteiger partial charge >= 0.3 is 0 Å². The monoisotopic (exact) mass is 1030 g/mol. The van der Waals surface area contributed by atoms with Crippen molar-refractivity contribution < 1.29 is 0 Å². The number of nitrogens with zero attached hydrogens (tertiary/aromatic N) is 8. The van der Waals surface area contributed by atoms with Gasteiger partial charge in [0, 0.05) is 61.6 Å². The van der Waals surface area contributed by atoms with Gasteiger partial charge in [-0.1, -0.05) is 182 Å². The lowest BCUT2D eigenvalue weighted by Gasteiger charge is -2.44. The number of benzene rings is 11. The van der Waals surface area contributed by atoms with Crippen molar-refractivity contribution in [3.05, 3.63) is 255 Å². The highest BCUT2D eigenvalue weighted by atomic mass is 15.3. The van der Waals surface area contributed by atoms with Gasteiger partial charge in [-0.05, 0) is 95.1 Å². The highest BCUT2D eigenvalue weighted by molar-refractivity contribution is 6.20. The van der Waals surface area contributed by atoms with Gasteiger partial charge in [0.15, 0.2) is 0 Å². The van der Waals surface area contributed by atoms with Crippen LogP contribution >= 0.6 is 0 Å². The van der Waals surface area contributed by atoms with Crippen LogP contribution < -0.4 is 19.6 Å². The molecule has 0 atom stereocenters. The number of aromatic nitrogens is 4. The summed E-state index contributed by atoms with van der Waals surface area (Å²) in [5.41, 5.74) is 25.7. The van der Waals surface area contributed by atoms with E-state index in [9.17, 15) is 0 Å². The molecule has 13 aromatic rings. The summed E-state index contributed by atoms with van der Waals surface area (Å²) in [7, 11) is 8.60. The average molecular weight is 1030 g/mol. The molecule has 0 fully saturated rings. The third-order valence-electron chi connectivity index (χ3n) is 16.4. The molecule has 0 amide bonds. The molecular weight excluding hydrogens is 977 g/mol. The molecule has 0 saturated carbocycles. The van der Waals surface area contributed by atoms with E-state index < -0.39 is 0 Å². The second-order valence-corrected chi connectivity index (χ2v) is 20.8. The molecule has 0 saturated heterocycles. The SMILES string of the molecule is CN1c2ccccc2N(c2c(-c3ccccc3)c(-c3ccc(-c4nc5ccccc5n4C)cc3)c(N3c4ccccc4N(C)c4ccccc43)c(-c3ccc(-c4nc5ccccc5n4C)cc3)c2-c2ccccc2)c2ccccc21. The van der Waals surface area contributed by atoms with Gasteiger partial charge in [-0.3, -0.25) is 0 Å². The Hall–Kier alpha value is -10.4. The normalized spacial score (nSPS) is 12.7. The van der Waals surface area contributed by atoms with E-state index in [-0.39, 0.29) is 0 Å². The van der Waals surface area contributed by atoms with Crippen LogP contribution in [0.15, 0.2) is 255 Å². The summed E-state index contributed by atoms with van der Waals surface area (Å²) >= 11 is 0. The Morgan fingerprint density at radius 1 is 0.237 bits per heavy atom. The van der Waals surface area contributed by atoms with Crippen LogP contribution in [0.1, 0.15) is 0 Å². The molecule has 15 rings (SSSR count). The maximum atomic E-state index is 5.20. The Bertz CT molecular complexity index is 4260. The third-order valence-corrected chi connectivity index (χ3v) is 16.4. The van der Waals surface area contributed by atoms with E-state index in [1.165, 1.54) is 0 Å². The fourth-order valence-corrected chi connectivity index (χ4v) is 12.6. The molecule has 0 unspecified atom stereocenters. The van der Waals surface area contributed by atoms with Crippen LogP contribution in [0.3, 0.4) is 0 Å². The van der Waals surface area contributed by atoms with Gasteiger partial charge in [-0.2, -0.15) is 0 Å². The molecule has 8 heteroatoms. The molecule has 8 nitrogen and oxygen atoms in total. The Balaban J connectivity index is 1.15. The van der Waals surface area contributed by atoms with Gasteiger partial charge < -0.3 is 28.7 Å². The zero-order valence-corrected chi connectivity index (χ0v) is 44.8. The molecule has 0 bridgehead atoms. The van der Waals surface area contributed by atoms with Gasteiger partial charge in [0.2, 0.25) is 0 Å². The summed E-state index contributed by atoms with van der Waals surface area (Å²) in [5.74, 6) is 1.82. The van der Waals surface area contributed by atoms with Gasteiger partial charge in [0.05, 0.1) is 78.9 Å². The molecule has 2 aliphatic heterocycles. The Morgan fingerprint density at radius 2 is 0.487 bits per heavy atom. The van der Waals surface area contributed by atoms with E-state index in [0.717, 1.165) is 146 Å².